The molecular formula is C16H21N3S. The van der Waals surface area contributed by atoms with Gasteiger partial charge in [0.15, 0.2) is 0 Å². The topological polar surface area (TPSA) is 37.8 Å². The van der Waals surface area contributed by atoms with E-state index in [1.807, 2.05) is 6.07 Å². The number of hydrogen-bond acceptors (Lipinski definition) is 4. The zero-order valence-corrected chi connectivity index (χ0v) is 13.1. The molecule has 0 spiro atoms. The second-order valence-electron chi connectivity index (χ2n) is 4.89. The highest BCUT2D eigenvalue weighted by atomic mass is 32.2. The number of thioether (sulfide) groups is 1. The average molecular weight is 287 g/mol. The van der Waals surface area contributed by atoms with Gasteiger partial charge in [-0.1, -0.05) is 36.2 Å². The lowest BCUT2D eigenvalue weighted by Gasteiger charge is -2.19. The third-order valence-corrected chi connectivity index (χ3v) is 4.09. The van der Waals surface area contributed by atoms with Crippen molar-refractivity contribution in [1.29, 1.82) is 0 Å². The van der Waals surface area contributed by atoms with Crippen molar-refractivity contribution in [2.75, 3.05) is 12.3 Å². The molecule has 3 nitrogen and oxygen atoms in total. The van der Waals surface area contributed by atoms with Crippen LogP contribution in [0.4, 0.5) is 0 Å². The number of aromatic nitrogens is 2. The molecule has 1 atom stereocenters. The van der Waals surface area contributed by atoms with E-state index in [1.54, 1.807) is 24.3 Å². The molecule has 4 heteroatoms. The summed E-state index contributed by atoms with van der Waals surface area (Å²) >= 11 is 1.76. The van der Waals surface area contributed by atoms with Crippen molar-refractivity contribution in [2.45, 2.75) is 31.8 Å². The Hall–Kier alpha value is -1.39. The van der Waals surface area contributed by atoms with Crippen LogP contribution >= 0.6 is 11.8 Å². The highest BCUT2D eigenvalue weighted by Gasteiger charge is 2.12. The normalized spacial score (nSPS) is 12.3. The monoisotopic (exact) mass is 287 g/mol. The summed E-state index contributed by atoms with van der Waals surface area (Å²) in [5.41, 5.74) is 3.98. The van der Waals surface area contributed by atoms with E-state index in [-0.39, 0.29) is 0 Å². The van der Waals surface area contributed by atoms with Gasteiger partial charge in [0.05, 0.1) is 5.03 Å². The number of hydrogen-bond donors (Lipinski definition) is 1. The van der Waals surface area contributed by atoms with E-state index in [1.165, 1.54) is 16.7 Å². The Labute approximate surface area is 125 Å². The number of nitrogens with one attached hydrogen (secondary N) is 1. The number of rotatable bonds is 6. The van der Waals surface area contributed by atoms with Gasteiger partial charge in [-0.05, 0) is 32.0 Å². The van der Waals surface area contributed by atoms with Crippen molar-refractivity contribution < 1.29 is 0 Å². The molecule has 0 bridgehead atoms. The van der Waals surface area contributed by atoms with Crippen LogP contribution in [0.25, 0.3) is 0 Å². The van der Waals surface area contributed by atoms with Crippen molar-refractivity contribution in [3.8, 4) is 0 Å². The van der Waals surface area contributed by atoms with Crippen LogP contribution in [0.2, 0.25) is 0 Å². The first-order chi connectivity index (χ1) is 9.69. The van der Waals surface area contributed by atoms with Gasteiger partial charge in [-0.3, -0.25) is 0 Å². The van der Waals surface area contributed by atoms with Gasteiger partial charge in [-0.25, -0.2) is 9.97 Å². The van der Waals surface area contributed by atoms with Gasteiger partial charge in [0, 0.05) is 18.0 Å². The zero-order chi connectivity index (χ0) is 14.4. The Bertz CT molecular complexity index is 522. The van der Waals surface area contributed by atoms with E-state index in [0.29, 0.717) is 6.04 Å². The maximum Gasteiger partial charge on any atom is 0.116 e. The fraction of sp³-hybridized carbons (Fsp3) is 0.375. The Morgan fingerprint density at radius 2 is 1.95 bits per heavy atom. The van der Waals surface area contributed by atoms with Gasteiger partial charge in [0.1, 0.15) is 6.33 Å². The lowest BCUT2D eigenvalue weighted by molar-refractivity contribution is 0.605. The largest absolute Gasteiger partial charge is 0.309 e. The van der Waals surface area contributed by atoms with Crippen molar-refractivity contribution >= 4 is 11.8 Å². The van der Waals surface area contributed by atoms with E-state index in [2.05, 4.69) is 54.3 Å². The van der Waals surface area contributed by atoms with Crippen LogP contribution in [0.3, 0.4) is 0 Å². The zero-order valence-electron chi connectivity index (χ0n) is 12.3. The van der Waals surface area contributed by atoms with Crippen LogP contribution in [-0.2, 0) is 0 Å². The second-order valence-corrected chi connectivity index (χ2v) is 5.93. The quantitative estimate of drug-likeness (QED) is 0.651. The van der Waals surface area contributed by atoms with Crippen LogP contribution in [0.5, 0.6) is 0 Å². The minimum Gasteiger partial charge on any atom is -0.309 e. The number of aryl methyl sites for hydroxylation is 2. The van der Waals surface area contributed by atoms with Gasteiger partial charge in [-0.15, -0.1) is 11.8 Å². The molecule has 1 aromatic heterocycles. The van der Waals surface area contributed by atoms with Gasteiger partial charge < -0.3 is 5.32 Å². The Morgan fingerprint density at radius 1 is 1.20 bits per heavy atom. The van der Waals surface area contributed by atoms with Crippen molar-refractivity contribution in [3.63, 3.8) is 0 Å². The van der Waals surface area contributed by atoms with Gasteiger partial charge >= 0.3 is 0 Å². The van der Waals surface area contributed by atoms with Crippen molar-refractivity contribution in [2.24, 2.45) is 0 Å². The predicted octanol–water partition coefficient (Wildman–Crippen LogP) is 3.54. The second kappa shape index (κ2) is 7.41. The molecule has 20 heavy (non-hydrogen) atoms. The molecule has 0 saturated heterocycles. The van der Waals surface area contributed by atoms with Crippen LogP contribution < -0.4 is 5.32 Å². The maximum atomic E-state index is 4.26. The standard InChI is InChI=1S/C16H21N3S/c1-4-18-15(10-20-16-5-6-17-11-19-16)14-8-12(2)7-13(3)9-14/h5-9,11,15,18H,4,10H2,1-3H3. The molecule has 2 rings (SSSR count). The maximum absolute atomic E-state index is 4.26. The molecule has 0 saturated carbocycles. The third-order valence-electron chi connectivity index (χ3n) is 3.05. The van der Waals surface area contributed by atoms with Crippen LogP contribution in [0.1, 0.15) is 29.7 Å². The Kier molecular flexibility index (Phi) is 5.56. The summed E-state index contributed by atoms with van der Waals surface area (Å²) in [6.45, 7) is 7.40. The summed E-state index contributed by atoms with van der Waals surface area (Å²) in [7, 11) is 0. The van der Waals surface area contributed by atoms with E-state index >= 15 is 0 Å². The van der Waals surface area contributed by atoms with Crippen molar-refractivity contribution in [3.05, 3.63) is 53.5 Å². The Balaban J connectivity index is 2.10. The molecule has 1 heterocycles. The van der Waals surface area contributed by atoms with E-state index < -0.39 is 0 Å². The molecule has 106 valence electrons. The number of benzene rings is 1. The predicted molar refractivity (Wildman–Crippen MR) is 85.1 cm³/mol. The van der Waals surface area contributed by atoms with E-state index in [0.717, 1.165) is 17.3 Å². The first kappa shape index (κ1) is 15.0. The summed E-state index contributed by atoms with van der Waals surface area (Å²) in [4.78, 5) is 8.21. The summed E-state index contributed by atoms with van der Waals surface area (Å²) in [6, 6.07) is 9.04. The molecule has 0 aliphatic rings. The van der Waals surface area contributed by atoms with Crippen LogP contribution in [0, 0.1) is 13.8 Å². The minimum absolute atomic E-state index is 0.346. The van der Waals surface area contributed by atoms with Crippen LogP contribution in [0.15, 0.2) is 41.8 Å². The molecule has 1 N–H and O–H groups in total. The highest BCUT2D eigenvalue weighted by molar-refractivity contribution is 7.99. The Morgan fingerprint density at radius 3 is 2.55 bits per heavy atom. The fourth-order valence-corrected chi connectivity index (χ4v) is 3.19. The fourth-order valence-electron chi connectivity index (χ4n) is 2.26. The summed E-state index contributed by atoms with van der Waals surface area (Å²) in [5, 5.41) is 4.58. The summed E-state index contributed by atoms with van der Waals surface area (Å²) in [5.74, 6) is 0.966. The first-order valence-corrected chi connectivity index (χ1v) is 7.88. The van der Waals surface area contributed by atoms with Crippen molar-refractivity contribution in [1.82, 2.24) is 15.3 Å². The molecular weight excluding hydrogens is 266 g/mol. The molecule has 0 radical (unpaired) electrons. The molecule has 2 aromatic rings. The SMILES string of the molecule is CCNC(CSc1ccncn1)c1cc(C)cc(C)c1. The van der Waals surface area contributed by atoms with Gasteiger partial charge in [0.25, 0.3) is 0 Å². The highest BCUT2D eigenvalue weighted by Crippen LogP contribution is 2.24. The van der Waals surface area contributed by atoms with E-state index in [4.69, 9.17) is 0 Å². The smallest absolute Gasteiger partial charge is 0.116 e. The van der Waals surface area contributed by atoms with Gasteiger partial charge in [0.2, 0.25) is 0 Å². The van der Waals surface area contributed by atoms with E-state index in [9.17, 15) is 0 Å². The summed E-state index contributed by atoms with van der Waals surface area (Å²) in [6.07, 6.45) is 3.38. The van der Waals surface area contributed by atoms with Crippen LogP contribution in [-0.4, -0.2) is 22.3 Å². The molecule has 0 aliphatic carbocycles. The molecule has 0 amide bonds. The third kappa shape index (κ3) is 4.32. The lowest BCUT2D eigenvalue weighted by atomic mass is 10.0. The van der Waals surface area contributed by atoms with Gasteiger partial charge in [-0.2, -0.15) is 0 Å². The molecule has 1 aromatic carbocycles. The number of nitrogens with zero attached hydrogens (tertiary/aromatic N) is 2. The first-order valence-electron chi connectivity index (χ1n) is 6.89. The molecule has 1 unspecified atom stereocenters. The lowest BCUT2D eigenvalue weighted by Crippen LogP contribution is -2.23. The minimum atomic E-state index is 0.346. The average Bonchev–Trinajstić information content (AvgIpc) is 2.43. The molecule has 0 aliphatic heterocycles. The summed E-state index contributed by atoms with van der Waals surface area (Å²) < 4.78 is 0. The molecule has 0 fully saturated rings.